The Morgan fingerprint density at radius 2 is 1.83 bits per heavy atom. The number of benzene rings is 1. The van der Waals surface area contributed by atoms with E-state index in [2.05, 4.69) is 4.90 Å². The van der Waals surface area contributed by atoms with Gasteiger partial charge >= 0.3 is 0 Å². The van der Waals surface area contributed by atoms with Gasteiger partial charge in [-0.05, 0) is 24.3 Å². The second kappa shape index (κ2) is 7.55. The van der Waals surface area contributed by atoms with Crippen LogP contribution in [0.25, 0.3) is 21.9 Å². The van der Waals surface area contributed by atoms with Crippen molar-refractivity contribution in [3.8, 4) is 0 Å². The summed E-state index contributed by atoms with van der Waals surface area (Å²) in [4.78, 5) is 33.8. The molecule has 1 aliphatic rings. The minimum absolute atomic E-state index is 0.105. The van der Waals surface area contributed by atoms with Gasteiger partial charge in [0.25, 0.3) is 5.56 Å². The van der Waals surface area contributed by atoms with Gasteiger partial charge in [-0.2, -0.15) is 0 Å². The molecule has 3 aromatic heterocycles. The van der Waals surface area contributed by atoms with Crippen LogP contribution >= 0.6 is 0 Å². The number of morpholine rings is 1. The minimum atomic E-state index is -0.342. The van der Waals surface area contributed by atoms with E-state index in [1.54, 1.807) is 29.0 Å². The van der Waals surface area contributed by atoms with E-state index in [1.807, 2.05) is 29.8 Å². The Morgan fingerprint density at radius 3 is 2.60 bits per heavy atom. The number of aromatic nitrogens is 3. The van der Waals surface area contributed by atoms with E-state index in [9.17, 15) is 9.59 Å². The van der Waals surface area contributed by atoms with Crippen LogP contribution in [0.4, 0.5) is 0 Å². The van der Waals surface area contributed by atoms with Crippen molar-refractivity contribution >= 4 is 21.9 Å². The Balaban J connectivity index is 1.77. The van der Waals surface area contributed by atoms with E-state index in [4.69, 9.17) is 14.1 Å². The normalized spacial score (nSPS) is 15.2. The third kappa shape index (κ3) is 3.14. The fourth-order valence-corrected chi connectivity index (χ4v) is 4.04. The van der Waals surface area contributed by atoms with Gasteiger partial charge in [0, 0.05) is 25.5 Å². The first-order valence-electron chi connectivity index (χ1n) is 9.97. The lowest BCUT2D eigenvalue weighted by Gasteiger charge is -2.27. The molecule has 8 heteroatoms. The average Bonchev–Trinajstić information content (AvgIpc) is 3.28. The van der Waals surface area contributed by atoms with E-state index in [1.165, 1.54) is 0 Å². The van der Waals surface area contributed by atoms with Gasteiger partial charge in [-0.3, -0.25) is 19.1 Å². The molecule has 0 saturated carbocycles. The van der Waals surface area contributed by atoms with E-state index < -0.39 is 0 Å². The molecular formula is C22H22N4O4. The summed E-state index contributed by atoms with van der Waals surface area (Å²) in [5, 5.41) is 0.616. The lowest BCUT2D eigenvalue weighted by atomic mass is 10.1. The maximum Gasteiger partial charge on any atom is 0.267 e. The number of hydrogen-bond acceptors (Lipinski definition) is 6. The minimum Gasteiger partial charge on any atom is -0.467 e. The van der Waals surface area contributed by atoms with Crippen molar-refractivity contribution < 1.29 is 9.15 Å². The second-order valence-corrected chi connectivity index (χ2v) is 7.49. The monoisotopic (exact) mass is 406 g/mol. The van der Waals surface area contributed by atoms with Crippen molar-refractivity contribution in [3.05, 3.63) is 74.8 Å². The van der Waals surface area contributed by atoms with Gasteiger partial charge in [-0.25, -0.2) is 4.98 Å². The molecule has 1 aromatic carbocycles. The summed E-state index contributed by atoms with van der Waals surface area (Å²) in [6.07, 6.45) is 1.57. The lowest BCUT2D eigenvalue weighted by molar-refractivity contribution is 0.0324. The van der Waals surface area contributed by atoms with E-state index in [0.717, 1.165) is 18.6 Å². The van der Waals surface area contributed by atoms with Crippen molar-refractivity contribution in [1.29, 1.82) is 0 Å². The first-order chi connectivity index (χ1) is 14.6. The highest BCUT2D eigenvalue weighted by Gasteiger charge is 2.21. The van der Waals surface area contributed by atoms with Gasteiger partial charge in [0.05, 0.1) is 38.1 Å². The topological polar surface area (TPSA) is 82.5 Å². The van der Waals surface area contributed by atoms with E-state index in [0.29, 0.717) is 42.4 Å². The standard InChI is InChI=1S/C22H22N4O4/c1-24-17-7-3-2-6-16(17)20(27)19-21(24)23-18(14-25-8-11-29-12-9-25)26(22(19)28)13-15-5-4-10-30-15/h2-7,10H,8-9,11-14H2,1H3. The molecule has 0 unspecified atom stereocenters. The Hall–Kier alpha value is -3.23. The Labute approximate surface area is 171 Å². The van der Waals surface area contributed by atoms with Crippen molar-refractivity contribution in [2.45, 2.75) is 13.1 Å². The number of fused-ring (bicyclic) bond motifs is 2. The molecule has 154 valence electrons. The summed E-state index contributed by atoms with van der Waals surface area (Å²) in [6.45, 7) is 3.57. The number of hydrogen-bond donors (Lipinski definition) is 0. The molecule has 1 aliphatic heterocycles. The number of furan rings is 1. The smallest absolute Gasteiger partial charge is 0.267 e. The van der Waals surface area contributed by atoms with E-state index >= 15 is 0 Å². The third-order valence-corrected chi connectivity index (χ3v) is 5.65. The van der Waals surface area contributed by atoms with Crippen LogP contribution in [0.5, 0.6) is 0 Å². The molecule has 0 bridgehead atoms. The second-order valence-electron chi connectivity index (χ2n) is 7.49. The van der Waals surface area contributed by atoms with Crippen molar-refractivity contribution in [2.24, 2.45) is 7.05 Å². The molecule has 4 heterocycles. The molecule has 0 amide bonds. The molecule has 0 radical (unpaired) electrons. The first-order valence-corrected chi connectivity index (χ1v) is 9.97. The van der Waals surface area contributed by atoms with Gasteiger partial charge in [-0.1, -0.05) is 12.1 Å². The number of pyridine rings is 1. The Bertz CT molecular complexity index is 1330. The van der Waals surface area contributed by atoms with Gasteiger partial charge in [0.1, 0.15) is 17.0 Å². The molecule has 0 aliphatic carbocycles. The third-order valence-electron chi connectivity index (χ3n) is 5.65. The fraction of sp³-hybridized carbons (Fsp3) is 0.318. The predicted octanol–water partition coefficient (Wildman–Crippen LogP) is 1.72. The Morgan fingerprint density at radius 1 is 1.03 bits per heavy atom. The van der Waals surface area contributed by atoms with Crippen LogP contribution in [-0.4, -0.2) is 45.3 Å². The molecule has 0 atom stereocenters. The summed E-state index contributed by atoms with van der Waals surface area (Å²) >= 11 is 0. The molecule has 0 spiro atoms. The Kier molecular flexibility index (Phi) is 4.72. The van der Waals surface area contributed by atoms with Gasteiger partial charge in [0.2, 0.25) is 5.43 Å². The molecule has 1 fully saturated rings. The van der Waals surface area contributed by atoms with Gasteiger partial charge in [0.15, 0.2) is 5.65 Å². The highest BCUT2D eigenvalue weighted by atomic mass is 16.5. The number of nitrogens with zero attached hydrogens (tertiary/aromatic N) is 4. The molecule has 4 aromatic rings. The van der Waals surface area contributed by atoms with Crippen LogP contribution < -0.4 is 11.0 Å². The van der Waals surface area contributed by atoms with Crippen LogP contribution in [0.3, 0.4) is 0 Å². The molecular weight excluding hydrogens is 384 g/mol. The SMILES string of the molecule is Cn1c2ccccc2c(=O)c2c(=O)n(Cc3ccco3)c(CN3CCOCC3)nc21. The maximum atomic E-state index is 13.6. The largest absolute Gasteiger partial charge is 0.467 e. The highest BCUT2D eigenvalue weighted by Crippen LogP contribution is 2.16. The van der Waals surface area contributed by atoms with Crippen LogP contribution in [0.1, 0.15) is 11.6 Å². The first kappa shape index (κ1) is 18.8. The highest BCUT2D eigenvalue weighted by molar-refractivity contribution is 5.91. The maximum absolute atomic E-state index is 13.6. The number of aryl methyl sites for hydroxylation is 1. The number of rotatable bonds is 4. The van der Waals surface area contributed by atoms with Gasteiger partial charge < -0.3 is 13.7 Å². The predicted molar refractivity (Wildman–Crippen MR) is 113 cm³/mol. The molecule has 0 N–H and O–H groups in total. The zero-order chi connectivity index (χ0) is 20.7. The average molecular weight is 406 g/mol. The molecule has 30 heavy (non-hydrogen) atoms. The number of para-hydroxylation sites is 1. The van der Waals surface area contributed by atoms with Crippen molar-refractivity contribution in [1.82, 2.24) is 19.0 Å². The molecule has 8 nitrogen and oxygen atoms in total. The van der Waals surface area contributed by atoms with Crippen LogP contribution in [0, 0.1) is 0 Å². The quantitative estimate of drug-likeness (QED) is 0.480. The summed E-state index contributed by atoms with van der Waals surface area (Å²) in [7, 11) is 1.84. The summed E-state index contributed by atoms with van der Waals surface area (Å²) < 4.78 is 14.3. The van der Waals surface area contributed by atoms with Crippen LogP contribution in [0.15, 0.2) is 56.7 Å². The summed E-state index contributed by atoms with van der Waals surface area (Å²) in [6, 6.07) is 10.9. The zero-order valence-electron chi connectivity index (χ0n) is 16.7. The van der Waals surface area contributed by atoms with Crippen LogP contribution in [0.2, 0.25) is 0 Å². The van der Waals surface area contributed by atoms with Gasteiger partial charge in [-0.15, -0.1) is 0 Å². The van der Waals surface area contributed by atoms with Crippen LogP contribution in [-0.2, 0) is 24.9 Å². The summed E-state index contributed by atoms with van der Waals surface area (Å²) in [5.41, 5.74) is 0.527. The zero-order valence-corrected chi connectivity index (χ0v) is 16.7. The lowest BCUT2D eigenvalue weighted by Crippen LogP contribution is -2.39. The number of ether oxygens (including phenoxy) is 1. The van der Waals surface area contributed by atoms with Crippen molar-refractivity contribution in [3.63, 3.8) is 0 Å². The summed E-state index contributed by atoms with van der Waals surface area (Å²) in [5.74, 6) is 1.25. The molecule has 5 rings (SSSR count). The van der Waals surface area contributed by atoms with Crippen molar-refractivity contribution in [2.75, 3.05) is 26.3 Å². The molecule has 1 saturated heterocycles. The fourth-order valence-electron chi connectivity index (χ4n) is 4.04. The van der Waals surface area contributed by atoms with E-state index in [-0.39, 0.29) is 22.9 Å².